The number of aryl methyl sites for hydroxylation is 1. The monoisotopic (exact) mass is 291 g/mol. The van der Waals surface area contributed by atoms with Crippen molar-refractivity contribution < 1.29 is 4.28 Å². The molecule has 0 radical (unpaired) electrons. The van der Waals surface area contributed by atoms with Crippen LogP contribution in [0, 0.1) is 0 Å². The zero-order chi connectivity index (χ0) is 12.4. The van der Waals surface area contributed by atoms with E-state index in [4.69, 9.17) is 5.90 Å². The van der Waals surface area contributed by atoms with Crippen LogP contribution in [0.1, 0.15) is 18.5 Å². The van der Waals surface area contributed by atoms with Crippen LogP contribution in [0.3, 0.4) is 0 Å². The third-order valence-electron chi connectivity index (χ3n) is 3.02. The zero-order valence-corrected chi connectivity index (χ0v) is 12.8. The molecule has 18 heavy (non-hydrogen) atoms. The van der Waals surface area contributed by atoms with Crippen LogP contribution >= 0.6 is 25.7 Å². The van der Waals surface area contributed by atoms with Gasteiger partial charge in [-0.2, -0.15) is 18.6 Å². The Hall–Kier alpha value is -0.410. The summed E-state index contributed by atoms with van der Waals surface area (Å²) in [6.45, 7) is 0.927. The number of hydrogen-bond acceptors (Lipinski definition) is 6. The van der Waals surface area contributed by atoms with Gasteiger partial charge in [-0.3, -0.25) is 13.9 Å². The predicted octanol–water partition coefficient (Wildman–Crippen LogP) is 1.02. The van der Waals surface area contributed by atoms with Crippen molar-refractivity contribution in [1.82, 2.24) is 14.7 Å². The molecule has 0 spiro atoms. The maximum Gasteiger partial charge on any atom is 0.162 e. The molecule has 0 unspecified atom stereocenters. The first-order valence-corrected chi connectivity index (χ1v) is 6.32. The smallest absolute Gasteiger partial charge is 0.162 e. The Morgan fingerprint density at radius 1 is 1.56 bits per heavy atom. The Balaban J connectivity index is 0.00000162. The van der Waals surface area contributed by atoms with Gasteiger partial charge >= 0.3 is 0 Å². The predicted molar refractivity (Wildman–Crippen MR) is 79.3 cm³/mol. The van der Waals surface area contributed by atoms with Crippen LogP contribution in [0.15, 0.2) is 6.07 Å². The zero-order valence-electron chi connectivity index (χ0n) is 11.0. The molecule has 0 aromatic carbocycles. The number of rotatable bonds is 6. The van der Waals surface area contributed by atoms with Crippen molar-refractivity contribution in [2.24, 2.45) is 12.9 Å². The van der Waals surface area contributed by atoms with E-state index in [1.165, 1.54) is 18.5 Å². The average molecular weight is 291 g/mol. The van der Waals surface area contributed by atoms with E-state index in [0.717, 1.165) is 30.6 Å². The molecule has 104 valence electrons. The largest absolute Gasteiger partial charge is 0.298 e. The summed E-state index contributed by atoms with van der Waals surface area (Å²) < 4.78 is 8.22. The van der Waals surface area contributed by atoms with Gasteiger partial charge < -0.3 is 0 Å². The van der Waals surface area contributed by atoms with Crippen molar-refractivity contribution in [3.63, 3.8) is 0 Å². The lowest BCUT2D eigenvalue weighted by Crippen LogP contribution is -2.21. The quantitative estimate of drug-likeness (QED) is 0.480. The van der Waals surface area contributed by atoms with E-state index in [1.807, 2.05) is 18.8 Å². The second kappa shape index (κ2) is 6.67. The van der Waals surface area contributed by atoms with Gasteiger partial charge in [0.1, 0.15) is 12.2 Å². The normalized spacial score (nSPS) is 14.7. The van der Waals surface area contributed by atoms with E-state index in [2.05, 4.69) is 27.4 Å². The Labute approximate surface area is 119 Å². The highest BCUT2D eigenvalue weighted by atomic mass is 32.2. The van der Waals surface area contributed by atoms with Crippen LogP contribution < -0.4 is 10.2 Å². The Morgan fingerprint density at radius 3 is 2.78 bits per heavy atom. The summed E-state index contributed by atoms with van der Waals surface area (Å²) in [6.07, 6.45) is 2.63. The molecule has 2 N–H and O–H groups in total. The molecular weight excluding hydrogens is 270 g/mol. The first-order chi connectivity index (χ1) is 8.11. The van der Waals surface area contributed by atoms with E-state index in [0.29, 0.717) is 0 Å². The molecule has 0 aliphatic heterocycles. The van der Waals surface area contributed by atoms with Crippen LogP contribution in [0.25, 0.3) is 0 Å². The van der Waals surface area contributed by atoms with Crippen LogP contribution in [-0.4, -0.2) is 34.8 Å². The van der Waals surface area contributed by atoms with E-state index >= 15 is 0 Å². The minimum Gasteiger partial charge on any atom is -0.298 e. The van der Waals surface area contributed by atoms with Crippen molar-refractivity contribution in [1.29, 1.82) is 0 Å². The summed E-state index contributed by atoms with van der Waals surface area (Å²) >= 11 is 1.07. The van der Waals surface area contributed by atoms with Gasteiger partial charge in [-0.1, -0.05) is 0 Å². The summed E-state index contributed by atoms with van der Waals surface area (Å²) in [7, 11) is 5.99. The summed E-state index contributed by atoms with van der Waals surface area (Å²) in [6, 6.07) is 2.82. The van der Waals surface area contributed by atoms with Gasteiger partial charge in [0, 0.05) is 32.7 Å². The van der Waals surface area contributed by atoms with Gasteiger partial charge in [0.25, 0.3) is 0 Å². The summed E-state index contributed by atoms with van der Waals surface area (Å²) in [5.41, 5.74) is 1.19. The van der Waals surface area contributed by atoms with Crippen molar-refractivity contribution in [3.8, 4) is 0 Å². The molecule has 2 rings (SSSR count). The second-order valence-corrected chi connectivity index (χ2v) is 5.32. The van der Waals surface area contributed by atoms with Crippen molar-refractivity contribution in [2.45, 2.75) is 25.4 Å². The Morgan fingerprint density at radius 2 is 2.22 bits per heavy atom. The van der Waals surface area contributed by atoms with Gasteiger partial charge in [-0.05, 0) is 19.9 Å². The SMILES string of the molecule is CN(SON)c1cc(CN(C)C2CC2)n(C)n1.S. The van der Waals surface area contributed by atoms with Crippen molar-refractivity contribution >= 4 is 31.5 Å². The maximum absolute atomic E-state index is 5.02. The van der Waals surface area contributed by atoms with E-state index in [-0.39, 0.29) is 13.5 Å². The molecule has 6 nitrogen and oxygen atoms in total. The topological polar surface area (TPSA) is 59.6 Å². The van der Waals surface area contributed by atoms with Gasteiger partial charge in [0.05, 0.1) is 5.69 Å². The molecule has 1 aromatic heterocycles. The standard InChI is InChI=1S/C10H19N5OS.H2S/c1-13(8-4-5-8)7-9-6-10(12-14(9)2)15(3)17-16-11;/h6,8H,4-5,7,11H2,1-3H3;1H2. The minimum absolute atomic E-state index is 0. The molecule has 1 aromatic rings. The molecule has 1 aliphatic carbocycles. The van der Waals surface area contributed by atoms with Crippen molar-refractivity contribution in [2.75, 3.05) is 18.4 Å². The molecule has 1 aliphatic rings. The fraction of sp³-hybridized carbons (Fsp3) is 0.700. The fourth-order valence-corrected chi connectivity index (χ4v) is 2.09. The van der Waals surface area contributed by atoms with Crippen molar-refractivity contribution in [3.05, 3.63) is 11.8 Å². The van der Waals surface area contributed by atoms with Gasteiger partial charge in [-0.15, -0.1) is 0 Å². The maximum atomic E-state index is 5.02. The third kappa shape index (κ3) is 3.79. The molecule has 0 amide bonds. The number of anilines is 1. The first kappa shape index (κ1) is 15.6. The lowest BCUT2D eigenvalue weighted by molar-refractivity contribution is 0.307. The molecule has 0 saturated heterocycles. The summed E-state index contributed by atoms with van der Waals surface area (Å²) in [5, 5.41) is 4.42. The van der Waals surface area contributed by atoms with Crippen LogP contribution in [0.2, 0.25) is 0 Å². The molecule has 1 fully saturated rings. The number of nitrogens with zero attached hydrogens (tertiary/aromatic N) is 4. The highest BCUT2D eigenvalue weighted by Gasteiger charge is 2.26. The summed E-state index contributed by atoms with van der Waals surface area (Å²) in [4.78, 5) is 2.37. The van der Waals surface area contributed by atoms with Gasteiger partial charge in [-0.25, -0.2) is 10.2 Å². The molecule has 1 heterocycles. The minimum atomic E-state index is 0. The molecule has 8 heteroatoms. The van der Waals surface area contributed by atoms with Gasteiger partial charge in [0.2, 0.25) is 0 Å². The highest BCUT2D eigenvalue weighted by molar-refractivity contribution is 7.96. The Kier molecular flexibility index (Phi) is 5.80. The lowest BCUT2D eigenvalue weighted by atomic mass is 10.3. The van der Waals surface area contributed by atoms with Gasteiger partial charge in [0.15, 0.2) is 5.82 Å². The average Bonchev–Trinajstić information content (AvgIpc) is 3.06. The lowest BCUT2D eigenvalue weighted by Gasteiger charge is -2.14. The molecule has 0 atom stereocenters. The Bertz CT molecular complexity index is 382. The first-order valence-electron chi connectivity index (χ1n) is 5.62. The van der Waals surface area contributed by atoms with E-state index in [9.17, 15) is 0 Å². The molecular formula is C10H21N5OS2. The number of nitrogens with two attached hydrogens (primary N) is 1. The third-order valence-corrected chi connectivity index (χ3v) is 3.52. The highest BCUT2D eigenvalue weighted by Crippen LogP contribution is 2.27. The molecule has 1 saturated carbocycles. The van der Waals surface area contributed by atoms with Crippen LogP contribution in [-0.2, 0) is 17.9 Å². The number of hydrogen-bond donors (Lipinski definition) is 1. The van der Waals surface area contributed by atoms with Crippen LogP contribution in [0.5, 0.6) is 0 Å². The van der Waals surface area contributed by atoms with Crippen LogP contribution in [0.4, 0.5) is 5.82 Å². The summed E-state index contributed by atoms with van der Waals surface area (Å²) in [5.74, 6) is 5.87. The van der Waals surface area contributed by atoms with E-state index < -0.39 is 0 Å². The number of aromatic nitrogens is 2. The molecule has 0 bridgehead atoms. The fourth-order valence-electron chi connectivity index (χ4n) is 1.79. The van der Waals surface area contributed by atoms with E-state index in [1.54, 1.807) is 4.31 Å². The second-order valence-electron chi connectivity index (χ2n) is 4.43.